The lowest BCUT2D eigenvalue weighted by molar-refractivity contribution is 0.0141. The number of nitrogens with one attached hydrogen (secondary N) is 1. The lowest BCUT2D eigenvalue weighted by Crippen LogP contribution is -2.52. The highest BCUT2D eigenvalue weighted by Crippen LogP contribution is 2.13. The molecular weight excluding hydrogens is 398 g/mol. The smallest absolute Gasteiger partial charge is 0.410 e. The number of nitrogens with zero attached hydrogens (tertiary/aromatic N) is 2. The quantitative estimate of drug-likeness (QED) is 0.804. The number of piperazine rings is 1. The Bertz CT molecular complexity index is 637. The van der Waals surface area contributed by atoms with Gasteiger partial charge in [0.15, 0.2) is 0 Å². The molecule has 1 saturated heterocycles. The van der Waals surface area contributed by atoms with Crippen LogP contribution in [0.4, 0.5) is 4.79 Å². The van der Waals surface area contributed by atoms with Crippen molar-refractivity contribution in [1.82, 2.24) is 15.1 Å². The number of carbonyl (C=O) groups is 2. The minimum atomic E-state index is -0.473. The van der Waals surface area contributed by atoms with E-state index in [4.69, 9.17) is 4.74 Å². The largest absolute Gasteiger partial charge is 0.444 e. The molecule has 1 aromatic carbocycles. The van der Waals surface area contributed by atoms with Crippen LogP contribution >= 0.6 is 15.9 Å². The van der Waals surface area contributed by atoms with Crippen molar-refractivity contribution in [3.63, 3.8) is 0 Å². The third-order valence-corrected chi connectivity index (χ3v) is 4.51. The van der Waals surface area contributed by atoms with Crippen molar-refractivity contribution in [2.24, 2.45) is 0 Å². The summed E-state index contributed by atoms with van der Waals surface area (Å²) in [7, 11) is 0. The standard InChI is InChI=1S/C19H28BrN3O3/c1-14(21-17(24)15-6-5-7-16(20)12-15)13-22-8-10-23(11-9-22)18(25)26-19(2,3)4/h5-7,12,14H,8-11,13H2,1-4H3,(H,21,24)/t14-/m0/s1. The van der Waals surface area contributed by atoms with E-state index in [0.29, 0.717) is 18.7 Å². The zero-order chi connectivity index (χ0) is 19.3. The van der Waals surface area contributed by atoms with Crippen LogP contribution in [0.3, 0.4) is 0 Å². The Balaban J connectivity index is 1.76. The van der Waals surface area contributed by atoms with E-state index in [1.54, 1.807) is 11.0 Å². The molecule has 1 aliphatic heterocycles. The molecule has 1 aliphatic rings. The van der Waals surface area contributed by atoms with E-state index in [-0.39, 0.29) is 18.0 Å². The van der Waals surface area contributed by atoms with E-state index < -0.39 is 5.60 Å². The van der Waals surface area contributed by atoms with Gasteiger partial charge in [0, 0.05) is 48.8 Å². The molecule has 0 spiro atoms. The van der Waals surface area contributed by atoms with Gasteiger partial charge in [0.2, 0.25) is 0 Å². The minimum absolute atomic E-state index is 0.0227. The van der Waals surface area contributed by atoms with Crippen LogP contribution in [0.15, 0.2) is 28.7 Å². The molecule has 1 heterocycles. The maximum absolute atomic E-state index is 12.3. The normalized spacial score (nSPS) is 16.9. The van der Waals surface area contributed by atoms with E-state index in [1.807, 2.05) is 45.9 Å². The van der Waals surface area contributed by atoms with Crippen molar-refractivity contribution in [3.05, 3.63) is 34.3 Å². The van der Waals surface area contributed by atoms with Gasteiger partial charge in [-0.3, -0.25) is 9.69 Å². The SMILES string of the molecule is C[C@@H](CN1CCN(C(=O)OC(C)(C)C)CC1)NC(=O)c1cccc(Br)c1. The Morgan fingerprint density at radius 1 is 1.23 bits per heavy atom. The maximum atomic E-state index is 12.3. The van der Waals surface area contributed by atoms with E-state index in [2.05, 4.69) is 26.1 Å². The number of hydrogen-bond acceptors (Lipinski definition) is 4. The van der Waals surface area contributed by atoms with Gasteiger partial charge in [-0.1, -0.05) is 22.0 Å². The third-order valence-electron chi connectivity index (χ3n) is 4.02. The highest BCUT2D eigenvalue weighted by molar-refractivity contribution is 9.10. The zero-order valence-corrected chi connectivity index (χ0v) is 17.5. The lowest BCUT2D eigenvalue weighted by atomic mass is 10.2. The molecule has 144 valence electrons. The predicted octanol–water partition coefficient (Wildman–Crippen LogP) is 3.12. The van der Waals surface area contributed by atoms with Crippen LogP contribution in [-0.4, -0.2) is 66.2 Å². The first-order chi connectivity index (χ1) is 12.1. The molecule has 2 amide bonds. The van der Waals surface area contributed by atoms with Gasteiger partial charge in [0.25, 0.3) is 5.91 Å². The fraction of sp³-hybridized carbons (Fsp3) is 0.579. The van der Waals surface area contributed by atoms with Crippen molar-refractivity contribution < 1.29 is 14.3 Å². The number of amides is 2. The van der Waals surface area contributed by atoms with Crippen LogP contribution < -0.4 is 5.32 Å². The van der Waals surface area contributed by atoms with Gasteiger partial charge in [-0.05, 0) is 45.9 Å². The first-order valence-electron chi connectivity index (χ1n) is 8.91. The molecule has 26 heavy (non-hydrogen) atoms. The molecule has 1 atom stereocenters. The summed E-state index contributed by atoms with van der Waals surface area (Å²) in [4.78, 5) is 28.4. The number of halogens is 1. The number of ether oxygens (including phenoxy) is 1. The van der Waals surface area contributed by atoms with E-state index in [9.17, 15) is 9.59 Å². The molecule has 0 radical (unpaired) electrons. The Morgan fingerprint density at radius 3 is 2.46 bits per heavy atom. The van der Waals surface area contributed by atoms with Crippen LogP contribution in [0.25, 0.3) is 0 Å². The highest BCUT2D eigenvalue weighted by atomic mass is 79.9. The van der Waals surface area contributed by atoms with Gasteiger partial charge in [-0.2, -0.15) is 0 Å². The van der Waals surface area contributed by atoms with Gasteiger partial charge >= 0.3 is 6.09 Å². The second-order valence-electron chi connectivity index (χ2n) is 7.65. The lowest BCUT2D eigenvalue weighted by Gasteiger charge is -2.36. The predicted molar refractivity (Wildman–Crippen MR) is 105 cm³/mol. The Kier molecular flexibility index (Phi) is 7.06. The minimum Gasteiger partial charge on any atom is -0.444 e. The van der Waals surface area contributed by atoms with Crippen molar-refractivity contribution in [3.8, 4) is 0 Å². The molecule has 0 bridgehead atoms. The molecular formula is C19H28BrN3O3. The summed E-state index contributed by atoms with van der Waals surface area (Å²) < 4.78 is 6.30. The molecule has 0 saturated carbocycles. The molecule has 0 aliphatic carbocycles. The Labute approximate surface area is 164 Å². The van der Waals surface area contributed by atoms with Gasteiger partial charge in [0.05, 0.1) is 0 Å². The van der Waals surface area contributed by atoms with E-state index >= 15 is 0 Å². The van der Waals surface area contributed by atoms with Crippen molar-refractivity contribution in [2.45, 2.75) is 39.3 Å². The molecule has 1 fully saturated rings. The van der Waals surface area contributed by atoms with Gasteiger partial charge in [-0.15, -0.1) is 0 Å². The monoisotopic (exact) mass is 425 g/mol. The van der Waals surface area contributed by atoms with Crippen molar-refractivity contribution in [2.75, 3.05) is 32.7 Å². The van der Waals surface area contributed by atoms with E-state index in [1.165, 1.54) is 0 Å². The highest BCUT2D eigenvalue weighted by Gasteiger charge is 2.26. The summed E-state index contributed by atoms with van der Waals surface area (Å²) in [6.07, 6.45) is -0.256. The average molecular weight is 426 g/mol. The van der Waals surface area contributed by atoms with E-state index in [0.717, 1.165) is 24.1 Å². The van der Waals surface area contributed by atoms with Gasteiger partial charge < -0.3 is 15.0 Å². The second kappa shape index (κ2) is 8.86. The Morgan fingerprint density at radius 2 is 1.88 bits per heavy atom. The van der Waals surface area contributed by atoms with Gasteiger partial charge in [0.1, 0.15) is 5.60 Å². The molecule has 0 unspecified atom stereocenters. The number of hydrogen-bond donors (Lipinski definition) is 1. The first-order valence-corrected chi connectivity index (χ1v) is 9.70. The van der Waals surface area contributed by atoms with Crippen LogP contribution in [-0.2, 0) is 4.74 Å². The summed E-state index contributed by atoms with van der Waals surface area (Å²) in [5.74, 6) is -0.0776. The van der Waals surface area contributed by atoms with Crippen molar-refractivity contribution >= 4 is 27.9 Å². The summed E-state index contributed by atoms with van der Waals surface area (Å²) in [5, 5.41) is 3.03. The number of benzene rings is 1. The van der Waals surface area contributed by atoms with Crippen LogP contribution in [0.2, 0.25) is 0 Å². The molecule has 1 aromatic rings. The number of carbonyl (C=O) groups excluding carboxylic acids is 2. The summed E-state index contributed by atoms with van der Waals surface area (Å²) in [6.45, 7) is 11.2. The summed E-state index contributed by atoms with van der Waals surface area (Å²) in [6, 6.07) is 7.37. The fourth-order valence-electron chi connectivity index (χ4n) is 2.81. The van der Waals surface area contributed by atoms with Crippen LogP contribution in [0.1, 0.15) is 38.1 Å². The Hall–Kier alpha value is -1.60. The van der Waals surface area contributed by atoms with Crippen LogP contribution in [0.5, 0.6) is 0 Å². The molecule has 2 rings (SSSR count). The summed E-state index contributed by atoms with van der Waals surface area (Å²) in [5.41, 5.74) is 0.167. The van der Waals surface area contributed by atoms with Gasteiger partial charge in [-0.25, -0.2) is 4.79 Å². The summed E-state index contributed by atoms with van der Waals surface area (Å²) >= 11 is 3.38. The van der Waals surface area contributed by atoms with Crippen LogP contribution in [0, 0.1) is 0 Å². The molecule has 6 nitrogen and oxygen atoms in total. The molecule has 1 N–H and O–H groups in total. The fourth-order valence-corrected chi connectivity index (χ4v) is 3.21. The topological polar surface area (TPSA) is 61.9 Å². The third kappa shape index (κ3) is 6.61. The van der Waals surface area contributed by atoms with Crippen molar-refractivity contribution in [1.29, 1.82) is 0 Å². The second-order valence-corrected chi connectivity index (χ2v) is 8.57. The number of rotatable bonds is 4. The first kappa shape index (κ1) is 20.7. The molecule has 0 aromatic heterocycles. The zero-order valence-electron chi connectivity index (χ0n) is 15.9. The molecule has 7 heteroatoms. The average Bonchev–Trinajstić information content (AvgIpc) is 2.53. The maximum Gasteiger partial charge on any atom is 0.410 e.